The number of benzene rings is 1. The lowest BCUT2D eigenvalue weighted by Crippen LogP contribution is -2.27. The van der Waals surface area contributed by atoms with E-state index >= 15 is 0 Å². The summed E-state index contributed by atoms with van der Waals surface area (Å²) >= 11 is 0. The lowest BCUT2D eigenvalue weighted by Gasteiger charge is -2.15. The van der Waals surface area contributed by atoms with Gasteiger partial charge in [0.15, 0.2) is 9.84 Å². The minimum Gasteiger partial charge on any atom is -0.466 e. The van der Waals surface area contributed by atoms with E-state index in [-0.39, 0.29) is 22.6 Å². The Balaban J connectivity index is 1.70. The number of carbonyl (C=O) groups is 1. The van der Waals surface area contributed by atoms with E-state index in [1.54, 1.807) is 25.1 Å². The van der Waals surface area contributed by atoms with Crippen molar-refractivity contribution >= 4 is 26.8 Å². The summed E-state index contributed by atoms with van der Waals surface area (Å²) in [7, 11) is -3.29. The summed E-state index contributed by atoms with van der Waals surface area (Å²) in [6.45, 7) is 7.26. The summed E-state index contributed by atoms with van der Waals surface area (Å²) in [6.07, 6.45) is 1.16. The number of hydrogen-bond donors (Lipinski definition) is 1. The summed E-state index contributed by atoms with van der Waals surface area (Å²) in [5.41, 5.74) is 3.33. The van der Waals surface area contributed by atoms with Gasteiger partial charge in [-0.1, -0.05) is 17.3 Å². The monoisotopic (exact) mass is 453 g/mol. The van der Waals surface area contributed by atoms with Crippen LogP contribution in [0.1, 0.15) is 46.1 Å². The maximum absolute atomic E-state index is 13.3. The van der Waals surface area contributed by atoms with Gasteiger partial charge in [-0.25, -0.2) is 13.4 Å². The van der Waals surface area contributed by atoms with Crippen molar-refractivity contribution in [2.75, 3.05) is 6.26 Å². The Morgan fingerprint density at radius 1 is 1.09 bits per heavy atom. The number of aromatic nitrogens is 2. The molecule has 1 amide bonds. The second kappa shape index (κ2) is 7.90. The van der Waals surface area contributed by atoms with Gasteiger partial charge in [0.05, 0.1) is 33.3 Å². The van der Waals surface area contributed by atoms with Gasteiger partial charge in [0, 0.05) is 11.8 Å². The summed E-state index contributed by atoms with van der Waals surface area (Å²) in [5.74, 6) is 1.11. The molecule has 9 heteroatoms. The van der Waals surface area contributed by atoms with E-state index < -0.39 is 9.84 Å². The van der Waals surface area contributed by atoms with E-state index in [4.69, 9.17) is 8.94 Å². The molecule has 32 heavy (non-hydrogen) atoms. The molecule has 0 spiro atoms. The topological polar surface area (TPSA) is 115 Å². The van der Waals surface area contributed by atoms with Gasteiger partial charge in [-0.05, 0) is 57.5 Å². The highest BCUT2D eigenvalue weighted by Crippen LogP contribution is 2.30. The Hall–Kier alpha value is -3.46. The van der Waals surface area contributed by atoms with Crippen molar-refractivity contribution in [3.63, 3.8) is 0 Å². The number of carbonyl (C=O) groups excluding carboxylic acids is 1. The van der Waals surface area contributed by atoms with Crippen molar-refractivity contribution in [3.05, 3.63) is 64.7 Å². The molecule has 4 rings (SSSR count). The molecule has 0 fully saturated rings. The molecule has 1 N–H and O–H groups in total. The number of amides is 1. The highest BCUT2D eigenvalue weighted by atomic mass is 32.2. The Labute approximate surface area is 185 Å². The molecular formula is C23H23N3O5S. The predicted octanol–water partition coefficient (Wildman–Crippen LogP) is 4.30. The van der Waals surface area contributed by atoms with Crippen molar-refractivity contribution < 1.29 is 22.2 Å². The number of hydrogen-bond acceptors (Lipinski definition) is 7. The van der Waals surface area contributed by atoms with Gasteiger partial charge in [-0.2, -0.15) is 0 Å². The summed E-state index contributed by atoms with van der Waals surface area (Å²) in [4.78, 5) is 18.0. The molecule has 0 radical (unpaired) electrons. The zero-order valence-corrected chi connectivity index (χ0v) is 19.2. The van der Waals surface area contributed by atoms with E-state index in [0.29, 0.717) is 28.1 Å². The number of pyridine rings is 1. The lowest BCUT2D eigenvalue weighted by atomic mass is 10.0. The molecule has 0 aliphatic heterocycles. The Bertz CT molecular complexity index is 1430. The summed E-state index contributed by atoms with van der Waals surface area (Å²) in [6, 6.07) is 9.66. The molecule has 1 atom stereocenters. The zero-order chi connectivity index (χ0) is 23.2. The van der Waals surface area contributed by atoms with Crippen LogP contribution in [0.4, 0.5) is 0 Å². The summed E-state index contributed by atoms with van der Waals surface area (Å²) in [5, 5.41) is 7.49. The Morgan fingerprint density at radius 3 is 2.38 bits per heavy atom. The SMILES string of the molecule is Cc1cc(-c2cc(C(=O)NC(C)c3ccc(S(C)(=O)=O)cc3)c3c(C)noc3n2)c(C)o1. The first kappa shape index (κ1) is 21.8. The van der Waals surface area contributed by atoms with Crippen LogP contribution in [0.5, 0.6) is 0 Å². The fraction of sp³-hybridized carbons (Fsp3) is 0.261. The molecule has 0 aliphatic rings. The number of sulfone groups is 1. The van der Waals surface area contributed by atoms with Gasteiger partial charge < -0.3 is 14.3 Å². The quantitative estimate of drug-likeness (QED) is 0.479. The van der Waals surface area contributed by atoms with E-state index in [0.717, 1.165) is 23.1 Å². The number of rotatable bonds is 5. The molecule has 0 bridgehead atoms. The average molecular weight is 454 g/mol. The van der Waals surface area contributed by atoms with Crippen LogP contribution in [0, 0.1) is 20.8 Å². The molecule has 0 aliphatic carbocycles. The minimum absolute atomic E-state index is 0.228. The molecule has 0 saturated carbocycles. The number of furan rings is 1. The van der Waals surface area contributed by atoms with Crippen molar-refractivity contribution in [2.24, 2.45) is 0 Å². The molecule has 0 saturated heterocycles. The van der Waals surface area contributed by atoms with Crippen LogP contribution in [0.15, 0.2) is 50.2 Å². The van der Waals surface area contributed by atoms with E-state index in [9.17, 15) is 13.2 Å². The molecule has 3 aromatic heterocycles. The van der Waals surface area contributed by atoms with Crippen LogP contribution in [0.2, 0.25) is 0 Å². The largest absolute Gasteiger partial charge is 0.466 e. The smallest absolute Gasteiger partial charge is 0.259 e. The predicted molar refractivity (Wildman–Crippen MR) is 119 cm³/mol. The Kier molecular flexibility index (Phi) is 5.37. The van der Waals surface area contributed by atoms with Crippen molar-refractivity contribution in [2.45, 2.75) is 38.6 Å². The lowest BCUT2D eigenvalue weighted by molar-refractivity contribution is 0.0941. The molecule has 4 aromatic rings. The zero-order valence-electron chi connectivity index (χ0n) is 18.4. The number of nitrogens with zero attached hydrogens (tertiary/aromatic N) is 2. The highest BCUT2D eigenvalue weighted by molar-refractivity contribution is 7.90. The van der Waals surface area contributed by atoms with Crippen LogP contribution >= 0.6 is 0 Å². The van der Waals surface area contributed by atoms with Crippen LogP contribution < -0.4 is 5.32 Å². The van der Waals surface area contributed by atoms with Gasteiger partial charge >= 0.3 is 0 Å². The Morgan fingerprint density at radius 2 is 1.78 bits per heavy atom. The standard InChI is InChI=1S/C23H23N3O5S/c1-12-10-18(15(4)30-12)20-11-19(21-14(3)26-31-23(21)25-20)22(27)24-13(2)16-6-8-17(9-7-16)32(5,28)29/h6-11,13H,1-5H3,(H,24,27). The maximum Gasteiger partial charge on any atom is 0.259 e. The first-order valence-corrected chi connectivity index (χ1v) is 11.9. The minimum atomic E-state index is -3.29. The molecule has 166 valence electrons. The first-order valence-electron chi connectivity index (χ1n) is 10.00. The van der Waals surface area contributed by atoms with Gasteiger partial charge in [0.2, 0.25) is 0 Å². The van der Waals surface area contributed by atoms with Gasteiger partial charge in [0.1, 0.15) is 11.5 Å². The molecular weight excluding hydrogens is 430 g/mol. The van der Waals surface area contributed by atoms with Gasteiger partial charge in [-0.3, -0.25) is 4.79 Å². The normalized spacial score (nSPS) is 12.8. The summed E-state index contributed by atoms with van der Waals surface area (Å²) < 4.78 is 34.3. The van der Waals surface area contributed by atoms with Crippen molar-refractivity contribution in [1.82, 2.24) is 15.5 Å². The second-order valence-corrected chi connectivity index (χ2v) is 9.88. The van der Waals surface area contributed by atoms with Crippen LogP contribution in [-0.2, 0) is 9.84 Å². The van der Waals surface area contributed by atoms with Crippen molar-refractivity contribution in [1.29, 1.82) is 0 Å². The third kappa shape index (κ3) is 4.03. The number of nitrogens with one attached hydrogen (secondary N) is 1. The van der Waals surface area contributed by atoms with Gasteiger partial charge in [-0.15, -0.1) is 0 Å². The highest BCUT2D eigenvalue weighted by Gasteiger charge is 2.22. The maximum atomic E-state index is 13.3. The third-order valence-electron chi connectivity index (χ3n) is 5.33. The van der Waals surface area contributed by atoms with Crippen LogP contribution in [-0.4, -0.2) is 30.7 Å². The molecule has 8 nitrogen and oxygen atoms in total. The second-order valence-electron chi connectivity index (χ2n) is 7.87. The van der Waals surface area contributed by atoms with E-state index in [1.165, 1.54) is 12.1 Å². The molecule has 3 heterocycles. The molecule has 1 aromatic carbocycles. The van der Waals surface area contributed by atoms with Gasteiger partial charge in [0.25, 0.3) is 11.6 Å². The fourth-order valence-corrected chi connectivity index (χ4v) is 4.29. The van der Waals surface area contributed by atoms with Crippen molar-refractivity contribution in [3.8, 4) is 11.3 Å². The number of fused-ring (bicyclic) bond motifs is 1. The van der Waals surface area contributed by atoms with E-state index in [1.807, 2.05) is 26.8 Å². The molecule has 1 unspecified atom stereocenters. The third-order valence-corrected chi connectivity index (χ3v) is 6.46. The average Bonchev–Trinajstić information content (AvgIpc) is 3.28. The first-order chi connectivity index (χ1) is 15.0. The van der Waals surface area contributed by atoms with Crippen LogP contribution in [0.25, 0.3) is 22.4 Å². The fourth-order valence-electron chi connectivity index (χ4n) is 3.66. The number of aryl methyl sites for hydroxylation is 3. The van der Waals surface area contributed by atoms with E-state index in [2.05, 4.69) is 15.5 Å². The van der Waals surface area contributed by atoms with Crippen LogP contribution in [0.3, 0.4) is 0 Å².